The maximum Gasteiger partial charge on any atom is 0.319 e. The van der Waals surface area contributed by atoms with Gasteiger partial charge in [-0.25, -0.2) is 4.90 Å². The molecule has 0 fully saturated rings. The molecule has 158 valence electrons. The van der Waals surface area contributed by atoms with Gasteiger partial charge < -0.3 is 15.6 Å². The lowest BCUT2D eigenvalue weighted by Crippen LogP contribution is -2.64. The van der Waals surface area contributed by atoms with E-state index in [4.69, 9.17) is 10.5 Å². The molecule has 0 amide bonds. The fourth-order valence-corrected chi connectivity index (χ4v) is 3.56. The molecule has 1 aliphatic rings. The zero-order valence-electron chi connectivity index (χ0n) is 16.9. The fraction of sp³-hybridized carbons (Fsp3) is 0.304. The summed E-state index contributed by atoms with van der Waals surface area (Å²) >= 11 is 0. The van der Waals surface area contributed by atoms with Crippen molar-refractivity contribution in [3.63, 3.8) is 0 Å². The van der Waals surface area contributed by atoms with Crippen LogP contribution in [0.3, 0.4) is 0 Å². The lowest BCUT2D eigenvalue weighted by Gasteiger charge is -2.40. The maximum absolute atomic E-state index is 12.5. The summed E-state index contributed by atoms with van der Waals surface area (Å²) in [5, 5.41) is 22.0. The topological polar surface area (TPSA) is 102 Å². The second kappa shape index (κ2) is 9.67. The second-order valence-corrected chi connectivity index (χ2v) is 7.43. The molecule has 0 aromatic heterocycles. The van der Waals surface area contributed by atoms with Gasteiger partial charge in [0.25, 0.3) is 0 Å². The molecule has 0 radical (unpaired) electrons. The molecule has 7 heteroatoms. The Hall–Kier alpha value is -3.00. The molecule has 7 nitrogen and oxygen atoms in total. The third-order valence-electron chi connectivity index (χ3n) is 5.09. The number of rotatable bonds is 9. The first kappa shape index (κ1) is 21.7. The minimum atomic E-state index is -1.70. The van der Waals surface area contributed by atoms with Crippen molar-refractivity contribution in [2.24, 2.45) is 5.73 Å². The molecule has 1 aliphatic carbocycles. The summed E-state index contributed by atoms with van der Waals surface area (Å²) in [6, 6.07) is 18.1. The Morgan fingerprint density at radius 2 is 1.67 bits per heavy atom. The number of benzene rings is 2. The van der Waals surface area contributed by atoms with Crippen molar-refractivity contribution in [2.45, 2.75) is 37.8 Å². The largest absolute Gasteiger partial charge is 0.493 e. The molecule has 0 spiro atoms. The van der Waals surface area contributed by atoms with E-state index in [2.05, 4.69) is 0 Å². The van der Waals surface area contributed by atoms with Crippen LogP contribution in [0.15, 0.2) is 84.7 Å². The number of nitrogens with zero attached hydrogens (tertiary/aromatic N) is 2. The summed E-state index contributed by atoms with van der Waals surface area (Å²) in [6.45, 7) is 2.26. The van der Waals surface area contributed by atoms with Crippen LogP contribution in [-0.4, -0.2) is 39.3 Å². The average Bonchev–Trinajstić information content (AvgIpc) is 2.74. The summed E-state index contributed by atoms with van der Waals surface area (Å²) in [4.78, 5) is 13.9. The Morgan fingerprint density at radius 1 is 1.13 bits per heavy atom. The average molecular weight is 409 g/mol. The molecular formula is C23H27N3O4. The first-order valence-electron chi connectivity index (χ1n) is 9.86. The molecule has 0 bridgehead atoms. The van der Waals surface area contributed by atoms with E-state index in [1.165, 1.54) is 6.08 Å². The van der Waals surface area contributed by atoms with Gasteiger partial charge in [-0.15, -0.1) is 0 Å². The highest BCUT2D eigenvalue weighted by atomic mass is 16.6. The number of hydrogen-bond acceptors (Lipinski definition) is 6. The van der Waals surface area contributed by atoms with Crippen LogP contribution >= 0.6 is 0 Å². The van der Waals surface area contributed by atoms with Crippen molar-refractivity contribution in [3.8, 4) is 0 Å². The first-order chi connectivity index (χ1) is 14.4. The number of nitro groups is 1. The van der Waals surface area contributed by atoms with Crippen molar-refractivity contribution in [3.05, 3.63) is 106 Å². The van der Waals surface area contributed by atoms with Crippen molar-refractivity contribution in [1.29, 1.82) is 0 Å². The molecule has 0 saturated heterocycles. The van der Waals surface area contributed by atoms with Gasteiger partial charge >= 0.3 is 5.66 Å². The highest BCUT2D eigenvalue weighted by Crippen LogP contribution is 2.33. The van der Waals surface area contributed by atoms with Gasteiger partial charge in [-0.3, -0.25) is 10.1 Å². The van der Waals surface area contributed by atoms with Crippen LogP contribution in [0.2, 0.25) is 0 Å². The van der Waals surface area contributed by atoms with Gasteiger partial charge in [-0.2, -0.15) is 0 Å². The molecule has 2 aromatic rings. The van der Waals surface area contributed by atoms with Crippen molar-refractivity contribution < 1.29 is 14.8 Å². The Bertz CT molecular complexity index is 858. The Labute approximate surface area is 176 Å². The normalized spacial score (nSPS) is 21.9. The monoisotopic (exact) mass is 409 g/mol. The molecule has 0 aliphatic heterocycles. The number of ether oxygens (including phenoxy) is 1. The molecule has 3 N–H and O–H groups in total. The van der Waals surface area contributed by atoms with Gasteiger partial charge in [-0.1, -0.05) is 66.7 Å². The lowest BCUT2D eigenvalue weighted by atomic mass is 9.91. The predicted octanol–water partition coefficient (Wildman–Crippen LogP) is 2.84. The summed E-state index contributed by atoms with van der Waals surface area (Å²) in [5.41, 5.74) is 6.63. The van der Waals surface area contributed by atoms with Crippen molar-refractivity contribution in [1.82, 2.24) is 4.90 Å². The van der Waals surface area contributed by atoms with E-state index in [1.807, 2.05) is 60.7 Å². The van der Waals surface area contributed by atoms with Crippen molar-refractivity contribution in [2.75, 3.05) is 6.61 Å². The third kappa shape index (κ3) is 4.76. The number of hydrogen-bond donors (Lipinski definition) is 2. The van der Waals surface area contributed by atoms with E-state index in [-0.39, 0.29) is 17.3 Å². The molecule has 3 unspecified atom stereocenters. The van der Waals surface area contributed by atoms with Crippen LogP contribution < -0.4 is 5.73 Å². The summed E-state index contributed by atoms with van der Waals surface area (Å²) in [7, 11) is 0. The van der Waals surface area contributed by atoms with E-state index in [1.54, 1.807) is 24.0 Å². The second-order valence-electron chi connectivity index (χ2n) is 7.43. The minimum Gasteiger partial charge on any atom is -0.493 e. The van der Waals surface area contributed by atoms with Gasteiger partial charge in [0.05, 0.1) is 6.10 Å². The smallest absolute Gasteiger partial charge is 0.319 e. The lowest BCUT2D eigenvalue weighted by molar-refractivity contribution is -0.591. The number of aliphatic hydroxyl groups is 1. The van der Waals surface area contributed by atoms with Crippen LogP contribution in [-0.2, 0) is 17.8 Å². The standard InChI is InChI=1S/C23H27N3O4/c1-18(27)17-30-21-13-8-14-23(22(21)24,26(28)29)25(15-19-9-4-2-5-10-19)16-20-11-6-3-7-12-20/h2-14,18,22,27H,15-17,24H2,1H3. The summed E-state index contributed by atoms with van der Waals surface area (Å²) in [5.74, 6) is 0.279. The summed E-state index contributed by atoms with van der Waals surface area (Å²) in [6.07, 6.45) is 4.04. The van der Waals surface area contributed by atoms with Gasteiger partial charge in [0.1, 0.15) is 12.4 Å². The van der Waals surface area contributed by atoms with E-state index >= 15 is 0 Å². The summed E-state index contributed by atoms with van der Waals surface area (Å²) < 4.78 is 5.62. The molecule has 30 heavy (non-hydrogen) atoms. The van der Waals surface area contributed by atoms with E-state index in [0.717, 1.165) is 11.1 Å². The quantitative estimate of drug-likeness (QED) is 0.375. The molecule has 0 heterocycles. The third-order valence-corrected chi connectivity index (χ3v) is 5.09. The van der Waals surface area contributed by atoms with Crippen LogP contribution in [0.25, 0.3) is 0 Å². The molecule has 0 saturated carbocycles. The van der Waals surface area contributed by atoms with Gasteiger partial charge in [0, 0.05) is 24.1 Å². The number of allylic oxidation sites excluding steroid dienone is 2. The molecule has 3 rings (SSSR count). The number of aliphatic hydroxyl groups excluding tert-OH is 1. The Morgan fingerprint density at radius 3 is 2.13 bits per heavy atom. The zero-order chi connectivity index (χ0) is 21.6. The van der Waals surface area contributed by atoms with Crippen LogP contribution in [0.5, 0.6) is 0 Å². The SMILES string of the molecule is CC(O)COC1=CC=CC(N(Cc2ccccc2)Cc2ccccc2)([N+](=O)[O-])C1N. The number of nitrogens with two attached hydrogens (primary N) is 1. The molecular weight excluding hydrogens is 382 g/mol. The fourth-order valence-electron chi connectivity index (χ4n) is 3.56. The van der Waals surface area contributed by atoms with Crippen molar-refractivity contribution >= 4 is 0 Å². The minimum absolute atomic E-state index is 0.0124. The Balaban J connectivity index is 1.99. The highest BCUT2D eigenvalue weighted by Gasteiger charge is 2.55. The Kier molecular flexibility index (Phi) is 6.99. The molecule has 3 atom stereocenters. The van der Waals surface area contributed by atoms with Gasteiger partial charge in [0.2, 0.25) is 0 Å². The maximum atomic E-state index is 12.5. The molecule has 2 aromatic carbocycles. The van der Waals surface area contributed by atoms with Crippen LogP contribution in [0.1, 0.15) is 18.1 Å². The predicted molar refractivity (Wildman–Crippen MR) is 115 cm³/mol. The van der Waals surface area contributed by atoms with E-state index in [9.17, 15) is 15.2 Å². The van der Waals surface area contributed by atoms with Gasteiger partial charge in [0.15, 0.2) is 6.04 Å². The van der Waals surface area contributed by atoms with Crippen LogP contribution in [0, 0.1) is 10.1 Å². The first-order valence-corrected chi connectivity index (χ1v) is 9.86. The zero-order valence-corrected chi connectivity index (χ0v) is 16.9. The highest BCUT2D eigenvalue weighted by molar-refractivity contribution is 5.29. The van der Waals surface area contributed by atoms with E-state index < -0.39 is 17.8 Å². The van der Waals surface area contributed by atoms with Gasteiger partial charge in [-0.05, 0) is 24.1 Å². The van der Waals surface area contributed by atoms with E-state index in [0.29, 0.717) is 13.1 Å². The van der Waals surface area contributed by atoms with Crippen LogP contribution in [0.4, 0.5) is 0 Å².